The molecule has 2 rings (SSSR count). The maximum absolute atomic E-state index is 5.85. The molecule has 0 amide bonds. The second-order valence-corrected chi connectivity index (χ2v) is 3.97. The van der Waals surface area contributed by atoms with Crippen LogP contribution in [-0.4, -0.2) is 17.1 Å². The van der Waals surface area contributed by atoms with Crippen LogP contribution in [0.5, 0.6) is 17.5 Å². The van der Waals surface area contributed by atoms with Crippen LogP contribution in [0.15, 0.2) is 24.5 Å². The Morgan fingerprint density at radius 2 is 1.83 bits per heavy atom. The molecule has 1 aromatic carbocycles. The van der Waals surface area contributed by atoms with Crippen molar-refractivity contribution in [2.24, 2.45) is 0 Å². The highest BCUT2D eigenvalue weighted by molar-refractivity contribution is 5.57. The second kappa shape index (κ2) is 4.91. The first-order chi connectivity index (χ1) is 8.61. The second-order valence-electron chi connectivity index (χ2n) is 3.97. The van der Waals surface area contributed by atoms with Crippen molar-refractivity contribution in [3.8, 4) is 17.5 Å². The molecule has 0 aliphatic heterocycles. The molecular formula is C13H15N3O2. The molecule has 0 radical (unpaired) electrons. The highest BCUT2D eigenvalue weighted by Crippen LogP contribution is 2.32. The Kier molecular flexibility index (Phi) is 3.32. The molecule has 2 N–H and O–H groups in total. The average Bonchev–Trinajstić information content (AvgIpc) is 2.36. The molecule has 0 saturated heterocycles. The van der Waals surface area contributed by atoms with Crippen molar-refractivity contribution in [1.29, 1.82) is 0 Å². The SMILES string of the molecule is COc1ncnc(Oc2cc(C)ccc2C)c1N. The molecule has 0 spiro atoms. The largest absolute Gasteiger partial charge is 0.479 e. The van der Waals surface area contributed by atoms with Crippen LogP contribution in [0.3, 0.4) is 0 Å². The molecule has 0 unspecified atom stereocenters. The minimum Gasteiger partial charge on any atom is -0.479 e. The molecule has 0 fully saturated rings. The molecule has 0 aliphatic carbocycles. The summed E-state index contributed by atoms with van der Waals surface area (Å²) in [4.78, 5) is 7.92. The summed E-state index contributed by atoms with van der Waals surface area (Å²) in [7, 11) is 1.50. The van der Waals surface area contributed by atoms with Gasteiger partial charge in [0.25, 0.3) is 0 Å². The number of hydrogen-bond acceptors (Lipinski definition) is 5. The number of hydrogen-bond donors (Lipinski definition) is 1. The lowest BCUT2D eigenvalue weighted by Gasteiger charge is -2.11. The van der Waals surface area contributed by atoms with Gasteiger partial charge in [0.2, 0.25) is 11.8 Å². The monoisotopic (exact) mass is 245 g/mol. The van der Waals surface area contributed by atoms with Crippen LogP contribution in [0.4, 0.5) is 5.69 Å². The lowest BCUT2D eigenvalue weighted by molar-refractivity contribution is 0.391. The van der Waals surface area contributed by atoms with Crippen LogP contribution in [0.25, 0.3) is 0 Å². The Morgan fingerprint density at radius 1 is 1.11 bits per heavy atom. The zero-order valence-corrected chi connectivity index (χ0v) is 10.6. The van der Waals surface area contributed by atoms with E-state index in [1.165, 1.54) is 13.4 Å². The average molecular weight is 245 g/mol. The fourth-order valence-corrected chi connectivity index (χ4v) is 1.53. The van der Waals surface area contributed by atoms with Gasteiger partial charge in [0.1, 0.15) is 12.1 Å². The summed E-state index contributed by atoms with van der Waals surface area (Å²) in [6.07, 6.45) is 1.36. The quantitative estimate of drug-likeness (QED) is 0.899. The van der Waals surface area contributed by atoms with Gasteiger partial charge in [-0.25, -0.2) is 0 Å². The number of ether oxygens (including phenoxy) is 2. The molecule has 0 atom stereocenters. The van der Waals surface area contributed by atoms with E-state index in [0.29, 0.717) is 17.4 Å². The van der Waals surface area contributed by atoms with Gasteiger partial charge in [-0.3, -0.25) is 0 Å². The van der Waals surface area contributed by atoms with Crippen LogP contribution < -0.4 is 15.2 Å². The molecule has 0 bridgehead atoms. The minimum atomic E-state index is 0.293. The smallest absolute Gasteiger partial charge is 0.249 e. The third-order valence-corrected chi connectivity index (χ3v) is 2.55. The summed E-state index contributed by atoms with van der Waals surface area (Å²) in [5.74, 6) is 1.34. The number of aromatic nitrogens is 2. The van der Waals surface area contributed by atoms with E-state index in [2.05, 4.69) is 9.97 Å². The predicted molar refractivity (Wildman–Crippen MR) is 69.0 cm³/mol. The van der Waals surface area contributed by atoms with E-state index in [1.54, 1.807) is 0 Å². The maximum atomic E-state index is 5.85. The first-order valence-electron chi connectivity index (χ1n) is 5.51. The molecule has 1 aromatic heterocycles. The highest BCUT2D eigenvalue weighted by atomic mass is 16.5. The van der Waals surface area contributed by atoms with Gasteiger partial charge >= 0.3 is 0 Å². The molecule has 2 aromatic rings. The van der Waals surface area contributed by atoms with E-state index >= 15 is 0 Å². The number of rotatable bonds is 3. The lowest BCUT2D eigenvalue weighted by Crippen LogP contribution is -2.01. The molecule has 0 saturated carbocycles. The van der Waals surface area contributed by atoms with E-state index in [9.17, 15) is 0 Å². The van der Waals surface area contributed by atoms with Crippen molar-refractivity contribution in [1.82, 2.24) is 9.97 Å². The predicted octanol–water partition coefficient (Wildman–Crippen LogP) is 2.48. The van der Waals surface area contributed by atoms with E-state index in [0.717, 1.165) is 16.9 Å². The summed E-state index contributed by atoms with van der Waals surface area (Å²) < 4.78 is 10.7. The van der Waals surface area contributed by atoms with Crippen molar-refractivity contribution >= 4 is 5.69 Å². The van der Waals surface area contributed by atoms with Gasteiger partial charge in [-0.2, -0.15) is 9.97 Å². The summed E-state index contributed by atoms with van der Waals surface area (Å²) in [6, 6.07) is 5.94. The number of nitrogens with zero attached hydrogens (tertiary/aromatic N) is 2. The minimum absolute atomic E-state index is 0.293. The van der Waals surface area contributed by atoms with Crippen LogP contribution in [-0.2, 0) is 0 Å². The van der Waals surface area contributed by atoms with Crippen LogP contribution in [0.2, 0.25) is 0 Å². The first-order valence-corrected chi connectivity index (χ1v) is 5.51. The van der Waals surface area contributed by atoms with Gasteiger partial charge in [0.05, 0.1) is 7.11 Å². The molecule has 5 heteroatoms. The Balaban J connectivity index is 2.37. The third-order valence-electron chi connectivity index (χ3n) is 2.55. The van der Waals surface area contributed by atoms with Crippen molar-refractivity contribution in [3.05, 3.63) is 35.7 Å². The number of benzene rings is 1. The highest BCUT2D eigenvalue weighted by Gasteiger charge is 2.11. The van der Waals surface area contributed by atoms with Gasteiger partial charge in [-0.15, -0.1) is 0 Å². The Morgan fingerprint density at radius 3 is 2.56 bits per heavy atom. The van der Waals surface area contributed by atoms with Gasteiger partial charge in [-0.1, -0.05) is 12.1 Å². The maximum Gasteiger partial charge on any atom is 0.249 e. The fraction of sp³-hybridized carbons (Fsp3) is 0.231. The van der Waals surface area contributed by atoms with Gasteiger partial charge in [-0.05, 0) is 31.0 Å². The zero-order chi connectivity index (χ0) is 13.1. The van der Waals surface area contributed by atoms with E-state index < -0.39 is 0 Å². The number of methoxy groups -OCH3 is 1. The number of nitrogen functional groups attached to an aromatic ring is 1. The molecule has 1 heterocycles. The van der Waals surface area contributed by atoms with Gasteiger partial charge in [0.15, 0.2) is 5.69 Å². The van der Waals surface area contributed by atoms with Crippen molar-refractivity contribution in [3.63, 3.8) is 0 Å². The molecule has 5 nitrogen and oxygen atoms in total. The summed E-state index contributed by atoms with van der Waals surface area (Å²) in [6.45, 7) is 3.96. The van der Waals surface area contributed by atoms with Crippen molar-refractivity contribution < 1.29 is 9.47 Å². The fourth-order valence-electron chi connectivity index (χ4n) is 1.53. The Labute approximate surface area is 106 Å². The van der Waals surface area contributed by atoms with E-state index in [1.807, 2.05) is 32.0 Å². The summed E-state index contributed by atoms with van der Waals surface area (Å²) >= 11 is 0. The number of anilines is 1. The normalized spacial score (nSPS) is 10.2. The van der Waals surface area contributed by atoms with Gasteiger partial charge < -0.3 is 15.2 Å². The zero-order valence-electron chi connectivity index (χ0n) is 10.6. The first kappa shape index (κ1) is 12.2. The van der Waals surface area contributed by atoms with Crippen LogP contribution >= 0.6 is 0 Å². The Hall–Kier alpha value is -2.30. The Bertz CT molecular complexity index is 570. The lowest BCUT2D eigenvalue weighted by atomic mass is 10.1. The van der Waals surface area contributed by atoms with Crippen molar-refractivity contribution in [2.45, 2.75) is 13.8 Å². The van der Waals surface area contributed by atoms with Gasteiger partial charge in [0, 0.05) is 0 Å². The van der Waals surface area contributed by atoms with Crippen molar-refractivity contribution in [2.75, 3.05) is 12.8 Å². The molecule has 0 aliphatic rings. The molecule has 94 valence electrons. The molecular weight excluding hydrogens is 230 g/mol. The standard InChI is InChI=1S/C13H15N3O2/c1-8-4-5-9(2)10(6-8)18-13-11(14)12(17-3)15-7-16-13/h4-7H,14H2,1-3H3. The molecule has 18 heavy (non-hydrogen) atoms. The van der Waals surface area contributed by atoms with Crippen LogP contribution in [0, 0.1) is 13.8 Å². The third kappa shape index (κ3) is 2.34. The van der Waals surface area contributed by atoms with E-state index in [-0.39, 0.29) is 0 Å². The van der Waals surface area contributed by atoms with E-state index in [4.69, 9.17) is 15.2 Å². The van der Waals surface area contributed by atoms with Crippen LogP contribution in [0.1, 0.15) is 11.1 Å². The number of nitrogens with two attached hydrogens (primary N) is 1. The topological polar surface area (TPSA) is 70.3 Å². The summed E-state index contributed by atoms with van der Waals surface area (Å²) in [5, 5.41) is 0. The summed E-state index contributed by atoms with van der Waals surface area (Å²) in [5.41, 5.74) is 8.27. The number of aryl methyl sites for hydroxylation is 2.